The standard InChI is InChI=1S/C17H17ClN4O2/c18-14-3-1-2-13(10-14)11-16(23)21-6-8-22(9-7-21)17(24)15-12-19-4-5-20-15/h1-5,10,12H,6-9,11H2. The van der Waals surface area contributed by atoms with E-state index in [1.807, 2.05) is 12.1 Å². The number of piperazine rings is 1. The number of aromatic nitrogens is 2. The van der Waals surface area contributed by atoms with Crippen LogP contribution in [0.25, 0.3) is 0 Å². The Kier molecular flexibility index (Phi) is 5.05. The minimum absolute atomic E-state index is 0.0452. The van der Waals surface area contributed by atoms with Crippen molar-refractivity contribution < 1.29 is 9.59 Å². The van der Waals surface area contributed by atoms with E-state index in [9.17, 15) is 9.59 Å². The van der Waals surface area contributed by atoms with Crippen molar-refractivity contribution in [3.63, 3.8) is 0 Å². The van der Waals surface area contributed by atoms with Gasteiger partial charge in [-0.15, -0.1) is 0 Å². The number of rotatable bonds is 3. The maximum atomic E-state index is 12.4. The summed E-state index contributed by atoms with van der Waals surface area (Å²) in [6.07, 6.45) is 4.80. The highest BCUT2D eigenvalue weighted by Crippen LogP contribution is 2.13. The molecule has 3 rings (SSSR count). The zero-order valence-corrected chi connectivity index (χ0v) is 13.8. The van der Waals surface area contributed by atoms with Gasteiger partial charge in [0.2, 0.25) is 5.91 Å². The average Bonchev–Trinajstić information content (AvgIpc) is 2.62. The quantitative estimate of drug-likeness (QED) is 0.849. The van der Waals surface area contributed by atoms with Crippen LogP contribution in [-0.4, -0.2) is 57.8 Å². The first-order chi connectivity index (χ1) is 11.6. The van der Waals surface area contributed by atoms with Crippen molar-refractivity contribution in [3.05, 3.63) is 59.1 Å². The fraction of sp³-hybridized carbons (Fsp3) is 0.294. The second kappa shape index (κ2) is 7.40. The molecule has 0 radical (unpaired) electrons. The molecule has 0 spiro atoms. The maximum Gasteiger partial charge on any atom is 0.274 e. The molecule has 1 saturated heterocycles. The number of nitrogens with zero attached hydrogens (tertiary/aromatic N) is 4. The molecule has 0 bridgehead atoms. The summed E-state index contributed by atoms with van der Waals surface area (Å²) in [4.78, 5) is 36.1. The fourth-order valence-electron chi connectivity index (χ4n) is 2.66. The summed E-state index contributed by atoms with van der Waals surface area (Å²) in [6, 6.07) is 7.31. The number of benzene rings is 1. The Balaban J connectivity index is 1.55. The first-order valence-electron chi connectivity index (χ1n) is 7.71. The van der Waals surface area contributed by atoms with Crippen molar-refractivity contribution in [2.45, 2.75) is 6.42 Å². The van der Waals surface area contributed by atoms with Gasteiger partial charge in [-0.3, -0.25) is 14.6 Å². The van der Waals surface area contributed by atoms with Crippen LogP contribution in [0.4, 0.5) is 0 Å². The van der Waals surface area contributed by atoms with Crippen LogP contribution in [-0.2, 0) is 11.2 Å². The number of halogens is 1. The van der Waals surface area contributed by atoms with E-state index in [4.69, 9.17) is 11.6 Å². The SMILES string of the molecule is O=C(Cc1cccc(Cl)c1)N1CCN(C(=O)c2cnccn2)CC1. The zero-order chi connectivity index (χ0) is 16.9. The predicted molar refractivity (Wildman–Crippen MR) is 89.7 cm³/mol. The Morgan fingerprint density at radius 2 is 1.83 bits per heavy atom. The smallest absolute Gasteiger partial charge is 0.274 e. The molecule has 2 amide bonds. The van der Waals surface area contributed by atoms with Gasteiger partial charge in [-0.05, 0) is 17.7 Å². The third-order valence-electron chi connectivity index (χ3n) is 3.95. The minimum Gasteiger partial charge on any atom is -0.339 e. The van der Waals surface area contributed by atoms with Crippen LogP contribution in [0, 0.1) is 0 Å². The molecule has 1 aromatic heterocycles. The van der Waals surface area contributed by atoms with Crippen molar-refractivity contribution in [2.24, 2.45) is 0 Å². The van der Waals surface area contributed by atoms with Gasteiger partial charge in [-0.25, -0.2) is 4.98 Å². The van der Waals surface area contributed by atoms with E-state index < -0.39 is 0 Å². The largest absolute Gasteiger partial charge is 0.339 e. The average molecular weight is 345 g/mol. The van der Waals surface area contributed by atoms with Gasteiger partial charge in [-0.1, -0.05) is 23.7 Å². The van der Waals surface area contributed by atoms with E-state index in [2.05, 4.69) is 9.97 Å². The van der Waals surface area contributed by atoms with Gasteiger partial charge in [0.25, 0.3) is 5.91 Å². The molecule has 0 atom stereocenters. The lowest BCUT2D eigenvalue weighted by molar-refractivity contribution is -0.131. The highest BCUT2D eigenvalue weighted by Gasteiger charge is 2.25. The molecule has 1 aliphatic rings. The van der Waals surface area contributed by atoms with Crippen molar-refractivity contribution >= 4 is 23.4 Å². The molecule has 1 aromatic carbocycles. The fourth-order valence-corrected chi connectivity index (χ4v) is 2.88. The van der Waals surface area contributed by atoms with Crippen LogP contribution in [0.15, 0.2) is 42.9 Å². The molecule has 24 heavy (non-hydrogen) atoms. The summed E-state index contributed by atoms with van der Waals surface area (Å²) in [5, 5.41) is 0.625. The normalized spacial score (nSPS) is 14.5. The van der Waals surface area contributed by atoms with E-state index in [-0.39, 0.29) is 11.8 Å². The van der Waals surface area contributed by atoms with E-state index in [1.54, 1.807) is 21.9 Å². The van der Waals surface area contributed by atoms with E-state index in [0.29, 0.717) is 43.3 Å². The second-order valence-electron chi connectivity index (χ2n) is 5.57. The molecule has 2 aromatic rings. The molecule has 0 aliphatic carbocycles. The lowest BCUT2D eigenvalue weighted by Crippen LogP contribution is -2.51. The van der Waals surface area contributed by atoms with Gasteiger partial charge in [-0.2, -0.15) is 0 Å². The molecule has 7 heteroatoms. The summed E-state index contributed by atoms with van der Waals surface area (Å²) in [5.74, 6) is -0.103. The van der Waals surface area contributed by atoms with Crippen molar-refractivity contribution in [3.8, 4) is 0 Å². The molecule has 1 aliphatic heterocycles. The molecule has 124 valence electrons. The Labute approximate surface area is 145 Å². The van der Waals surface area contributed by atoms with Crippen molar-refractivity contribution in [1.82, 2.24) is 19.8 Å². The first-order valence-corrected chi connectivity index (χ1v) is 8.09. The molecular formula is C17H17ClN4O2. The van der Waals surface area contributed by atoms with Crippen molar-refractivity contribution in [2.75, 3.05) is 26.2 Å². The monoisotopic (exact) mass is 344 g/mol. The number of hydrogen-bond donors (Lipinski definition) is 0. The van der Waals surface area contributed by atoms with Crippen LogP contribution < -0.4 is 0 Å². The summed E-state index contributed by atoms with van der Waals surface area (Å²) in [5.41, 5.74) is 1.22. The zero-order valence-electron chi connectivity index (χ0n) is 13.1. The van der Waals surface area contributed by atoms with Crippen LogP contribution in [0.2, 0.25) is 5.02 Å². The Morgan fingerprint density at radius 1 is 1.08 bits per heavy atom. The Bertz CT molecular complexity index is 730. The summed E-state index contributed by atoms with van der Waals surface area (Å²) in [6.45, 7) is 2.03. The summed E-state index contributed by atoms with van der Waals surface area (Å²) in [7, 11) is 0. The lowest BCUT2D eigenvalue weighted by atomic mass is 10.1. The molecule has 0 N–H and O–H groups in total. The highest BCUT2D eigenvalue weighted by atomic mass is 35.5. The van der Waals surface area contributed by atoms with Gasteiger partial charge < -0.3 is 9.80 Å². The number of carbonyl (C=O) groups is 2. The van der Waals surface area contributed by atoms with Crippen LogP contribution >= 0.6 is 11.6 Å². The van der Waals surface area contributed by atoms with Gasteiger partial charge in [0.1, 0.15) is 5.69 Å². The molecule has 0 unspecified atom stereocenters. The number of hydrogen-bond acceptors (Lipinski definition) is 4. The van der Waals surface area contributed by atoms with Gasteiger partial charge in [0, 0.05) is 43.6 Å². The highest BCUT2D eigenvalue weighted by molar-refractivity contribution is 6.30. The summed E-state index contributed by atoms with van der Waals surface area (Å²) < 4.78 is 0. The van der Waals surface area contributed by atoms with Gasteiger partial charge in [0.05, 0.1) is 12.6 Å². The third kappa shape index (κ3) is 3.89. The molecule has 6 nitrogen and oxygen atoms in total. The van der Waals surface area contributed by atoms with E-state index in [1.165, 1.54) is 18.6 Å². The van der Waals surface area contributed by atoms with Crippen LogP contribution in [0.5, 0.6) is 0 Å². The van der Waals surface area contributed by atoms with Crippen LogP contribution in [0.1, 0.15) is 16.1 Å². The summed E-state index contributed by atoms with van der Waals surface area (Å²) >= 11 is 5.95. The number of carbonyl (C=O) groups excluding carboxylic acids is 2. The van der Waals surface area contributed by atoms with Crippen LogP contribution in [0.3, 0.4) is 0 Å². The minimum atomic E-state index is -0.148. The first kappa shape index (κ1) is 16.4. The molecular weight excluding hydrogens is 328 g/mol. The van der Waals surface area contributed by atoms with Gasteiger partial charge >= 0.3 is 0 Å². The Morgan fingerprint density at radius 3 is 2.50 bits per heavy atom. The third-order valence-corrected chi connectivity index (χ3v) is 4.18. The van der Waals surface area contributed by atoms with Crippen molar-refractivity contribution in [1.29, 1.82) is 0 Å². The molecule has 2 heterocycles. The second-order valence-corrected chi connectivity index (χ2v) is 6.01. The lowest BCUT2D eigenvalue weighted by Gasteiger charge is -2.34. The predicted octanol–water partition coefficient (Wildman–Crippen LogP) is 1.66. The molecule has 1 fully saturated rings. The number of amides is 2. The molecule has 0 saturated carbocycles. The maximum absolute atomic E-state index is 12.4. The Hall–Kier alpha value is -2.47. The van der Waals surface area contributed by atoms with Gasteiger partial charge in [0.15, 0.2) is 0 Å². The van der Waals surface area contributed by atoms with E-state index >= 15 is 0 Å². The van der Waals surface area contributed by atoms with E-state index in [0.717, 1.165) is 5.56 Å². The topological polar surface area (TPSA) is 66.4 Å².